The summed E-state index contributed by atoms with van der Waals surface area (Å²) in [5.74, 6) is 1.76. The van der Waals surface area contributed by atoms with Crippen LogP contribution in [0.1, 0.15) is 5.56 Å². The Balaban J connectivity index is 1.58. The Kier molecular flexibility index (Phi) is 5.11. The minimum absolute atomic E-state index is 0.0292. The van der Waals surface area contributed by atoms with Gasteiger partial charge < -0.3 is 14.5 Å². The van der Waals surface area contributed by atoms with Gasteiger partial charge in [0.25, 0.3) is 0 Å². The van der Waals surface area contributed by atoms with E-state index in [1.54, 1.807) is 19.4 Å². The first-order valence-electron chi connectivity index (χ1n) is 8.04. The third-order valence-corrected chi connectivity index (χ3v) is 4.11. The van der Waals surface area contributed by atoms with Gasteiger partial charge in [-0.05, 0) is 24.3 Å². The normalized spacial score (nSPS) is 14.9. The lowest BCUT2D eigenvalue weighted by molar-refractivity contribution is -0.126. The number of piperazine rings is 1. The molecule has 0 spiro atoms. The highest BCUT2D eigenvalue weighted by atomic mass is 16.5. The summed E-state index contributed by atoms with van der Waals surface area (Å²) >= 11 is 0. The third-order valence-electron chi connectivity index (χ3n) is 4.11. The number of carbonyl (C=O) groups excluding carboxylic acids is 1. The first-order valence-corrected chi connectivity index (χ1v) is 8.04. The maximum absolute atomic E-state index is 12.4. The molecule has 0 saturated carbocycles. The van der Waals surface area contributed by atoms with E-state index >= 15 is 0 Å². The van der Waals surface area contributed by atoms with Crippen LogP contribution in [0, 0.1) is 0 Å². The molecule has 24 heavy (non-hydrogen) atoms. The van der Waals surface area contributed by atoms with Crippen LogP contribution in [0.2, 0.25) is 0 Å². The molecule has 1 fully saturated rings. The number of para-hydroxylation sites is 1. The van der Waals surface area contributed by atoms with Gasteiger partial charge >= 0.3 is 0 Å². The van der Waals surface area contributed by atoms with E-state index in [4.69, 9.17) is 4.74 Å². The number of carbonyl (C=O) groups is 1. The Morgan fingerprint density at radius 1 is 1.08 bits per heavy atom. The molecule has 1 saturated heterocycles. The van der Waals surface area contributed by atoms with E-state index in [1.807, 2.05) is 53.4 Å². The van der Waals surface area contributed by atoms with Gasteiger partial charge in [0.1, 0.15) is 11.6 Å². The van der Waals surface area contributed by atoms with E-state index in [0.29, 0.717) is 13.1 Å². The summed E-state index contributed by atoms with van der Waals surface area (Å²) in [4.78, 5) is 20.8. The fourth-order valence-corrected chi connectivity index (χ4v) is 2.77. The van der Waals surface area contributed by atoms with Crippen LogP contribution in [0.5, 0.6) is 5.75 Å². The zero-order valence-electron chi connectivity index (χ0n) is 13.8. The van der Waals surface area contributed by atoms with E-state index in [9.17, 15) is 4.79 Å². The van der Waals surface area contributed by atoms with Crippen molar-refractivity contribution >= 4 is 17.8 Å². The number of anilines is 1. The minimum Gasteiger partial charge on any atom is -0.496 e. The number of amides is 1. The lowest BCUT2D eigenvalue weighted by Crippen LogP contribution is -2.48. The van der Waals surface area contributed by atoms with Crippen molar-refractivity contribution < 1.29 is 9.53 Å². The fraction of sp³-hybridized carbons (Fsp3) is 0.263. The number of hydrogen-bond acceptors (Lipinski definition) is 4. The molecule has 0 atom stereocenters. The molecule has 1 aliphatic heterocycles. The van der Waals surface area contributed by atoms with Gasteiger partial charge in [0.15, 0.2) is 0 Å². The van der Waals surface area contributed by atoms with Gasteiger partial charge in [-0.25, -0.2) is 4.98 Å². The summed E-state index contributed by atoms with van der Waals surface area (Å²) < 4.78 is 5.30. The van der Waals surface area contributed by atoms with Crippen molar-refractivity contribution in [2.75, 3.05) is 38.2 Å². The zero-order chi connectivity index (χ0) is 16.8. The monoisotopic (exact) mass is 323 g/mol. The summed E-state index contributed by atoms with van der Waals surface area (Å²) in [7, 11) is 1.63. The first kappa shape index (κ1) is 16.1. The molecule has 1 amide bonds. The van der Waals surface area contributed by atoms with E-state index in [0.717, 1.165) is 30.2 Å². The minimum atomic E-state index is 0.0292. The summed E-state index contributed by atoms with van der Waals surface area (Å²) in [6.07, 6.45) is 5.23. The van der Waals surface area contributed by atoms with Crippen LogP contribution < -0.4 is 9.64 Å². The van der Waals surface area contributed by atoms with Gasteiger partial charge in [0.2, 0.25) is 5.91 Å². The van der Waals surface area contributed by atoms with Crippen molar-refractivity contribution in [3.8, 4) is 5.75 Å². The quantitative estimate of drug-likeness (QED) is 0.811. The molecule has 2 heterocycles. The van der Waals surface area contributed by atoms with Crippen LogP contribution >= 0.6 is 0 Å². The highest BCUT2D eigenvalue weighted by molar-refractivity contribution is 5.92. The molecule has 1 aromatic carbocycles. The Morgan fingerprint density at radius 3 is 2.54 bits per heavy atom. The van der Waals surface area contributed by atoms with Crippen LogP contribution in [0.15, 0.2) is 54.7 Å². The molecule has 124 valence electrons. The Labute approximate surface area is 142 Å². The van der Waals surface area contributed by atoms with Crippen molar-refractivity contribution in [3.05, 3.63) is 60.3 Å². The average Bonchev–Trinajstić information content (AvgIpc) is 2.67. The Morgan fingerprint density at radius 2 is 1.83 bits per heavy atom. The van der Waals surface area contributed by atoms with Gasteiger partial charge in [0, 0.05) is 44.0 Å². The molecule has 5 heteroatoms. The molecule has 0 N–H and O–H groups in total. The smallest absolute Gasteiger partial charge is 0.246 e. The summed E-state index contributed by atoms with van der Waals surface area (Å²) in [5, 5.41) is 0. The number of methoxy groups -OCH3 is 1. The first-order chi connectivity index (χ1) is 11.8. The third kappa shape index (κ3) is 3.74. The van der Waals surface area contributed by atoms with Gasteiger partial charge in [-0.1, -0.05) is 24.3 Å². The molecule has 5 nitrogen and oxygen atoms in total. The number of aromatic nitrogens is 1. The average molecular weight is 323 g/mol. The second kappa shape index (κ2) is 7.64. The van der Waals surface area contributed by atoms with E-state index < -0.39 is 0 Å². The van der Waals surface area contributed by atoms with Crippen LogP contribution in [0.25, 0.3) is 6.08 Å². The molecule has 0 unspecified atom stereocenters. The standard InChI is InChI=1S/C19H21N3O2/c1-24-17-7-3-2-6-16(17)9-10-19(23)22-14-12-21(13-15-22)18-8-4-5-11-20-18/h2-11H,12-15H2,1H3. The second-order valence-corrected chi connectivity index (χ2v) is 5.58. The van der Waals surface area contributed by atoms with Crippen LogP contribution in [0.3, 0.4) is 0 Å². The molecule has 0 aliphatic carbocycles. The lowest BCUT2D eigenvalue weighted by Gasteiger charge is -2.34. The lowest BCUT2D eigenvalue weighted by atomic mass is 10.2. The fourth-order valence-electron chi connectivity index (χ4n) is 2.77. The second-order valence-electron chi connectivity index (χ2n) is 5.58. The predicted molar refractivity (Wildman–Crippen MR) is 95.1 cm³/mol. The van der Waals surface area contributed by atoms with E-state index in [2.05, 4.69) is 9.88 Å². The van der Waals surface area contributed by atoms with Crippen LogP contribution in [-0.2, 0) is 4.79 Å². The number of pyridine rings is 1. The largest absolute Gasteiger partial charge is 0.496 e. The van der Waals surface area contributed by atoms with E-state index in [1.165, 1.54) is 0 Å². The van der Waals surface area contributed by atoms with Gasteiger partial charge in [-0.2, -0.15) is 0 Å². The molecular weight excluding hydrogens is 302 g/mol. The topological polar surface area (TPSA) is 45.7 Å². The Hall–Kier alpha value is -2.82. The van der Waals surface area contributed by atoms with Crippen molar-refractivity contribution in [2.45, 2.75) is 0 Å². The van der Waals surface area contributed by atoms with Gasteiger partial charge in [-0.15, -0.1) is 0 Å². The number of benzene rings is 1. The van der Waals surface area contributed by atoms with Crippen LogP contribution in [-0.4, -0.2) is 49.1 Å². The maximum atomic E-state index is 12.4. The summed E-state index contributed by atoms with van der Waals surface area (Å²) in [6, 6.07) is 13.5. The summed E-state index contributed by atoms with van der Waals surface area (Å²) in [5.41, 5.74) is 0.903. The predicted octanol–water partition coefficient (Wildman–Crippen LogP) is 2.45. The maximum Gasteiger partial charge on any atom is 0.246 e. The molecular formula is C19H21N3O2. The highest BCUT2D eigenvalue weighted by Gasteiger charge is 2.20. The van der Waals surface area contributed by atoms with Crippen LogP contribution in [0.4, 0.5) is 5.82 Å². The zero-order valence-corrected chi connectivity index (χ0v) is 13.8. The number of ether oxygens (including phenoxy) is 1. The molecule has 1 aromatic heterocycles. The summed E-state index contributed by atoms with van der Waals surface area (Å²) in [6.45, 7) is 2.99. The van der Waals surface area contributed by atoms with Crippen molar-refractivity contribution in [1.29, 1.82) is 0 Å². The molecule has 2 aromatic rings. The Bertz CT molecular complexity index is 708. The van der Waals surface area contributed by atoms with Crippen molar-refractivity contribution in [2.24, 2.45) is 0 Å². The van der Waals surface area contributed by atoms with Gasteiger partial charge in [-0.3, -0.25) is 4.79 Å². The molecule has 3 rings (SSSR count). The molecule has 0 bridgehead atoms. The number of hydrogen-bond donors (Lipinski definition) is 0. The van der Waals surface area contributed by atoms with Gasteiger partial charge in [0.05, 0.1) is 7.11 Å². The van der Waals surface area contributed by atoms with Crippen molar-refractivity contribution in [1.82, 2.24) is 9.88 Å². The molecule has 0 radical (unpaired) electrons. The number of rotatable bonds is 4. The molecule has 1 aliphatic rings. The van der Waals surface area contributed by atoms with Crippen molar-refractivity contribution in [3.63, 3.8) is 0 Å². The highest BCUT2D eigenvalue weighted by Crippen LogP contribution is 2.19. The number of nitrogens with zero attached hydrogens (tertiary/aromatic N) is 3. The van der Waals surface area contributed by atoms with E-state index in [-0.39, 0.29) is 5.91 Å². The SMILES string of the molecule is COc1ccccc1C=CC(=O)N1CCN(c2ccccn2)CC1.